The second kappa shape index (κ2) is 10.0. The van der Waals surface area contributed by atoms with Gasteiger partial charge in [-0.3, -0.25) is 9.36 Å². The van der Waals surface area contributed by atoms with Crippen LogP contribution in [0, 0.1) is 11.3 Å². The number of aromatic nitrogens is 3. The Morgan fingerprint density at radius 2 is 1.78 bits per heavy atom. The number of pyridine rings is 1. The van der Waals surface area contributed by atoms with E-state index in [0.29, 0.717) is 17.0 Å². The molecular formula is C29H29N7O. The molecule has 0 unspecified atom stereocenters. The lowest BCUT2D eigenvalue weighted by atomic mass is 10.0. The van der Waals surface area contributed by atoms with Crippen LogP contribution < -0.4 is 21.1 Å². The third kappa shape index (κ3) is 4.54. The Bertz CT molecular complexity index is 1530. The van der Waals surface area contributed by atoms with Gasteiger partial charge in [0.1, 0.15) is 17.3 Å². The van der Waals surface area contributed by atoms with Gasteiger partial charge in [-0.05, 0) is 42.7 Å². The molecule has 8 nitrogen and oxygen atoms in total. The van der Waals surface area contributed by atoms with Gasteiger partial charge in [-0.1, -0.05) is 43.2 Å². The van der Waals surface area contributed by atoms with Gasteiger partial charge in [0.15, 0.2) is 0 Å². The van der Waals surface area contributed by atoms with E-state index >= 15 is 0 Å². The minimum atomic E-state index is -0.265. The first-order chi connectivity index (χ1) is 18.2. The normalized spacial score (nSPS) is 16.1. The van der Waals surface area contributed by atoms with E-state index in [9.17, 15) is 10.1 Å². The first-order valence-electron chi connectivity index (χ1n) is 13.0. The van der Waals surface area contributed by atoms with E-state index in [1.807, 2.05) is 18.2 Å². The van der Waals surface area contributed by atoms with Crippen molar-refractivity contribution in [2.75, 3.05) is 36.4 Å². The van der Waals surface area contributed by atoms with Crippen molar-refractivity contribution in [2.24, 2.45) is 0 Å². The lowest BCUT2D eigenvalue weighted by molar-refractivity contribution is 0.515. The van der Waals surface area contributed by atoms with Crippen LogP contribution >= 0.6 is 0 Å². The second-order valence-corrected chi connectivity index (χ2v) is 9.71. The monoisotopic (exact) mass is 491 g/mol. The number of hydrogen-bond donors (Lipinski definition) is 2. The van der Waals surface area contributed by atoms with Gasteiger partial charge in [0.05, 0.1) is 0 Å². The van der Waals surface area contributed by atoms with Gasteiger partial charge in [0.2, 0.25) is 5.95 Å². The molecule has 2 fully saturated rings. The average Bonchev–Trinajstić information content (AvgIpc) is 3.48. The maximum atomic E-state index is 13.0. The predicted octanol–water partition coefficient (Wildman–Crippen LogP) is 4.60. The molecule has 2 aromatic carbocycles. The van der Waals surface area contributed by atoms with E-state index in [4.69, 9.17) is 4.98 Å². The van der Waals surface area contributed by atoms with Crippen LogP contribution in [0.1, 0.15) is 37.3 Å². The number of nitrogens with one attached hydrogen (secondary N) is 2. The summed E-state index contributed by atoms with van der Waals surface area (Å²) in [5.74, 6) is 0.428. The zero-order valence-corrected chi connectivity index (χ0v) is 20.7. The number of piperazine rings is 1. The fourth-order valence-corrected chi connectivity index (χ4v) is 5.52. The molecule has 0 radical (unpaired) electrons. The van der Waals surface area contributed by atoms with Crippen LogP contribution in [0.5, 0.6) is 0 Å². The van der Waals surface area contributed by atoms with Crippen LogP contribution in [-0.4, -0.2) is 40.7 Å². The molecule has 1 saturated carbocycles. The van der Waals surface area contributed by atoms with Crippen molar-refractivity contribution in [2.45, 2.75) is 31.7 Å². The predicted molar refractivity (Wildman–Crippen MR) is 146 cm³/mol. The van der Waals surface area contributed by atoms with Gasteiger partial charge in [-0.25, -0.2) is 4.98 Å². The molecule has 2 aromatic heterocycles. The van der Waals surface area contributed by atoms with Crippen molar-refractivity contribution in [1.82, 2.24) is 19.9 Å². The fourth-order valence-electron chi connectivity index (χ4n) is 5.52. The molecule has 37 heavy (non-hydrogen) atoms. The van der Waals surface area contributed by atoms with Gasteiger partial charge in [-0.15, -0.1) is 0 Å². The van der Waals surface area contributed by atoms with Crippen LogP contribution in [0.3, 0.4) is 0 Å². The van der Waals surface area contributed by atoms with E-state index in [2.05, 4.69) is 56.9 Å². The van der Waals surface area contributed by atoms with Crippen molar-refractivity contribution in [1.29, 1.82) is 5.26 Å². The number of benzene rings is 2. The van der Waals surface area contributed by atoms with E-state index in [1.54, 1.807) is 16.8 Å². The van der Waals surface area contributed by atoms with Gasteiger partial charge < -0.3 is 15.5 Å². The number of para-hydroxylation sites is 1. The summed E-state index contributed by atoms with van der Waals surface area (Å²) in [6.45, 7) is 3.99. The highest BCUT2D eigenvalue weighted by atomic mass is 16.1. The maximum Gasteiger partial charge on any atom is 0.270 e. The highest BCUT2D eigenvalue weighted by Crippen LogP contribution is 2.33. The summed E-state index contributed by atoms with van der Waals surface area (Å²) in [5, 5.41) is 16.9. The molecule has 4 aromatic rings. The third-order valence-electron chi connectivity index (χ3n) is 7.40. The first kappa shape index (κ1) is 23.2. The summed E-state index contributed by atoms with van der Waals surface area (Å²) in [7, 11) is 0. The number of rotatable bonds is 5. The summed E-state index contributed by atoms with van der Waals surface area (Å²) in [4.78, 5) is 24.7. The number of anilines is 3. The zero-order chi connectivity index (χ0) is 25.2. The smallest absolute Gasteiger partial charge is 0.270 e. The van der Waals surface area contributed by atoms with Crippen molar-refractivity contribution in [3.05, 3.63) is 76.7 Å². The maximum absolute atomic E-state index is 13.0. The van der Waals surface area contributed by atoms with Gasteiger partial charge in [-0.2, -0.15) is 10.2 Å². The van der Waals surface area contributed by atoms with Crippen LogP contribution in [0.2, 0.25) is 0 Å². The lowest BCUT2D eigenvalue weighted by Crippen LogP contribution is -2.43. The second-order valence-electron chi connectivity index (χ2n) is 9.71. The highest BCUT2D eigenvalue weighted by Gasteiger charge is 2.23. The van der Waals surface area contributed by atoms with Crippen LogP contribution in [-0.2, 0) is 0 Å². The number of nitrogens with zero attached hydrogens (tertiary/aromatic N) is 5. The molecule has 186 valence electrons. The van der Waals surface area contributed by atoms with E-state index in [1.165, 1.54) is 11.3 Å². The van der Waals surface area contributed by atoms with Crippen molar-refractivity contribution < 1.29 is 0 Å². The van der Waals surface area contributed by atoms with Gasteiger partial charge in [0.25, 0.3) is 5.56 Å². The molecule has 1 saturated heterocycles. The van der Waals surface area contributed by atoms with Gasteiger partial charge in [0, 0.05) is 60.7 Å². The molecule has 0 amide bonds. The zero-order valence-electron chi connectivity index (χ0n) is 20.7. The highest BCUT2D eigenvalue weighted by molar-refractivity contribution is 5.80. The van der Waals surface area contributed by atoms with Crippen LogP contribution in [0.25, 0.3) is 22.2 Å². The average molecular weight is 492 g/mol. The molecule has 2 aliphatic rings. The molecule has 1 aliphatic heterocycles. The Hall–Kier alpha value is -4.22. The van der Waals surface area contributed by atoms with Crippen molar-refractivity contribution in [3.8, 4) is 17.2 Å². The molecule has 0 spiro atoms. The molecular weight excluding hydrogens is 462 g/mol. The Balaban J connectivity index is 1.30. The molecule has 0 bridgehead atoms. The quantitative estimate of drug-likeness (QED) is 0.421. The SMILES string of the molecule is N#Cc1cc2cnc(Nc3ccc(-c4ccccc4N4CCNCC4)cc3)nc2n(C2CCCC2)c1=O. The Kier molecular flexibility index (Phi) is 6.29. The summed E-state index contributed by atoms with van der Waals surface area (Å²) in [5.41, 5.74) is 4.94. The minimum Gasteiger partial charge on any atom is -0.368 e. The summed E-state index contributed by atoms with van der Waals surface area (Å²) in [6.07, 6.45) is 5.70. The Morgan fingerprint density at radius 1 is 1.03 bits per heavy atom. The topological polar surface area (TPSA) is 98.9 Å². The van der Waals surface area contributed by atoms with Crippen LogP contribution in [0.4, 0.5) is 17.3 Å². The molecule has 6 rings (SSSR count). The standard InChI is InChI=1S/C29H29N7O/c30-18-21-17-22-19-32-29(34-27(22)36(28(21)37)24-5-1-2-6-24)33-23-11-9-20(10-12-23)25-7-3-4-8-26(25)35-15-13-31-14-16-35/h3-4,7-12,17,19,24,31H,1-2,5-6,13-16H2,(H,32,33,34). The summed E-state index contributed by atoms with van der Waals surface area (Å²) >= 11 is 0. The first-order valence-corrected chi connectivity index (χ1v) is 13.0. The van der Waals surface area contributed by atoms with Crippen LogP contribution in [0.15, 0.2) is 65.6 Å². The molecule has 1 aliphatic carbocycles. The lowest BCUT2D eigenvalue weighted by Gasteiger charge is -2.31. The number of fused-ring (bicyclic) bond motifs is 1. The van der Waals surface area contributed by atoms with Crippen molar-refractivity contribution >= 4 is 28.4 Å². The van der Waals surface area contributed by atoms with E-state index < -0.39 is 0 Å². The largest absolute Gasteiger partial charge is 0.368 e. The van der Waals surface area contributed by atoms with E-state index in [0.717, 1.165) is 63.1 Å². The Morgan fingerprint density at radius 3 is 2.54 bits per heavy atom. The molecule has 0 atom stereocenters. The number of hydrogen-bond acceptors (Lipinski definition) is 7. The summed E-state index contributed by atoms with van der Waals surface area (Å²) < 4.78 is 1.71. The minimum absolute atomic E-state index is 0.0705. The molecule has 3 heterocycles. The Labute approximate surface area is 215 Å². The summed E-state index contributed by atoms with van der Waals surface area (Å²) in [6, 6.07) is 20.5. The number of nitriles is 1. The van der Waals surface area contributed by atoms with Crippen molar-refractivity contribution in [3.63, 3.8) is 0 Å². The van der Waals surface area contributed by atoms with Gasteiger partial charge >= 0.3 is 0 Å². The van der Waals surface area contributed by atoms with E-state index in [-0.39, 0.29) is 17.2 Å². The molecule has 2 N–H and O–H groups in total. The molecule has 8 heteroatoms. The fraction of sp³-hybridized carbons (Fsp3) is 0.310. The third-order valence-corrected chi connectivity index (χ3v) is 7.40.